The molecule has 72 valence electrons. The van der Waals surface area contributed by atoms with Gasteiger partial charge in [-0.3, -0.25) is 0 Å². The zero-order valence-corrected chi connectivity index (χ0v) is 8.80. The fraction of sp³-hybridized carbons (Fsp3) is 0.200. The first kappa shape index (κ1) is 9.15. The number of hydrogen-bond acceptors (Lipinski definition) is 4. The molecule has 0 saturated carbocycles. The zero-order chi connectivity index (χ0) is 10.1. The highest BCUT2D eigenvalue weighted by Gasteiger charge is 2.08. The fourth-order valence-corrected chi connectivity index (χ4v) is 2.38. The van der Waals surface area contributed by atoms with Crippen LogP contribution in [0, 0.1) is 6.92 Å². The lowest BCUT2D eigenvalue weighted by Gasteiger charge is -1.99. The average Bonchev–Trinajstić information content (AvgIpc) is 2.59. The van der Waals surface area contributed by atoms with Gasteiger partial charge < -0.3 is 5.21 Å². The van der Waals surface area contributed by atoms with E-state index < -0.39 is 0 Å². The second-order valence-electron chi connectivity index (χ2n) is 3.14. The van der Waals surface area contributed by atoms with Crippen molar-refractivity contribution < 1.29 is 5.21 Å². The Balaban J connectivity index is 2.78. The van der Waals surface area contributed by atoms with Crippen LogP contribution in [0.25, 0.3) is 10.1 Å². The van der Waals surface area contributed by atoms with Crippen molar-refractivity contribution in [3.05, 3.63) is 29.5 Å². The van der Waals surface area contributed by atoms with Gasteiger partial charge in [0.25, 0.3) is 0 Å². The van der Waals surface area contributed by atoms with Gasteiger partial charge in [0.05, 0.1) is 16.1 Å². The lowest BCUT2D eigenvalue weighted by Crippen LogP contribution is -1.93. The Hall–Kier alpha value is -1.42. The average molecular weight is 206 g/mol. The number of aryl methyl sites for hydroxylation is 1. The largest absolute Gasteiger partial charge is 0.411 e. The van der Waals surface area contributed by atoms with Crippen LogP contribution in [-0.2, 0) is 0 Å². The molecule has 0 spiro atoms. The van der Waals surface area contributed by atoms with Crippen LogP contribution in [0.15, 0.2) is 23.4 Å². The molecule has 0 aliphatic heterocycles. The van der Waals surface area contributed by atoms with E-state index in [0.717, 1.165) is 21.3 Å². The van der Waals surface area contributed by atoms with Crippen LogP contribution in [0.1, 0.15) is 18.2 Å². The first-order chi connectivity index (χ1) is 6.74. The number of benzene rings is 1. The van der Waals surface area contributed by atoms with Gasteiger partial charge in [0.1, 0.15) is 0 Å². The third-order valence-corrected chi connectivity index (χ3v) is 3.21. The molecule has 0 saturated heterocycles. The molecule has 1 heterocycles. The SMILES string of the molecule is CC(=NO)c1cccc2c(C)nsc12. The number of fused-ring (bicyclic) bond motifs is 1. The van der Waals surface area contributed by atoms with Crippen molar-refractivity contribution in [2.45, 2.75) is 13.8 Å². The molecule has 0 bridgehead atoms. The van der Waals surface area contributed by atoms with E-state index in [0.29, 0.717) is 5.71 Å². The van der Waals surface area contributed by atoms with E-state index in [2.05, 4.69) is 9.53 Å². The molecule has 2 rings (SSSR count). The van der Waals surface area contributed by atoms with E-state index in [4.69, 9.17) is 5.21 Å². The van der Waals surface area contributed by atoms with E-state index >= 15 is 0 Å². The Bertz CT molecular complexity index is 502. The fourth-order valence-electron chi connectivity index (χ4n) is 1.42. The van der Waals surface area contributed by atoms with Crippen LogP contribution >= 0.6 is 11.5 Å². The van der Waals surface area contributed by atoms with E-state index in [-0.39, 0.29) is 0 Å². The molecule has 0 aliphatic rings. The quantitative estimate of drug-likeness (QED) is 0.443. The summed E-state index contributed by atoms with van der Waals surface area (Å²) in [6.07, 6.45) is 0. The highest BCUT2D eigenvalue weighted by Crippen LogP contribution is 2.26. The Morgan fingerprint density at radius 3 is 3.00 bits per heavy atom. The Labute approximate surface area is 85.9 Å². The van der Waals surface area contributed by atoms with Crippen molar-refractivity contribution in [3.63, 3.8) is 0 Å². The van der Waals surface area contributed by atoms with Gasteiger partial charge in [-0.25, -0.2) is 0 Å². The van der Waals surface area contributed by atoms with Crippen molar-refractivity contribution in [2.24, 2.45) is 5.16 Å². The molecule has 2 aromatic rings. The molecule has 0 aliphatic carbocycles. The third kappa shape index (κ3) is 1.28. The van der Waals surface area contributed by atoms with Gasteiger partial charge >= 0.3 is 0 Å². The summed E-state index contributed by atoms with van der Waals surface area (Å²) in [7, 11) is 0. The van der Waals surface area contributed by atoms with Gasteiger partial charge in [0.15, 0.2) is 0 Å². The number of aromatic nitrogens is 1. The molecule has 0 fully saturated rings. The van der Waals surface area contributed by atoms with Crippen LogP contribution in [-0.4, -0.2) is 15.3 Å². The standard InChI is InChI=1S/C10H10N2OS/c1-6(11-13)8-4-3-5-9-7(2)12-14-10(8)9/h3-5,13H,1-2H3. The van der Waals surface area contributed by atoms with Crippen molar-refractivity contribution in [2.75, 3.05) is 0 Å². The van der Waals surface area contributed by atoms with E-state index in [9.17, 15) is 0 Å². The molecule has 1 aromatic carbocycles. The predicted molar refractivity (Wildman–Crippen MR) is 58.4 cm³/mol. The Morgan fingerprint density at radius 1 is 1.50 bits per heavy atom. The van der Waals surface area contributed by atoms with E-state index in [1.807, 2.05) is 25.1 Å². The van der Waals surface area contributed by atoms with Gasteiger partial charge in [-0.05, 0) is 25.4 Å². The summed E-state index contributed by atoms with van der Waals surface area (Å²) >= 11 is 1.44. The van der Waals surface area contributed by atoms with Gasteiger partial charge in [-0.15, -0.1) is 0 Å². The topological polar surface area (TPSA) is 45.5 Å². The van der Waals surface area contributed by atoms with Gasteiger partial charge in [-0.2, -0.15) is 4.37 Å². The normalized spacial score (nSPS) is 12.3. The van der Waals surface area contributed by atoms with Crippen LogP contribution in [0.2, 0.25) is 0 Å². The minimum atomic E-state index is 0.624. The smallest absolute Gasteiger partial charge is 0.0851 e. The first-order valence-corrected chi connectivity index (χ1v) is 5.05. The lowest BCUT2D eigenvalue weighted by atomic mass is 10.1. The highest BCUT2D eigenvalue weighted by molar-refractivity contribution is 7.13. The highest BCUT2D eigenvalue weighted by atomic mass is 32.1. The maximum atomic E-state index is 8.73. The van der Waals surface area contributed by atoms with Gasteiger partial charge in [0, 0.05) is 10.9 Å². The summed E-state index contributed by atoms with van der Waals surface area (Å²) in [5.74, 6) is 0. The van der Waals surface area contributed by atoms with E-state index in [1.54, 1.807) is 6.92 Å². The summed E-state index contributed by atoms with van der Waals surface area (Å²) in [6, 6.07) is 5.92. The Kier molecular flexibility index (Phi) is 2.21. The van der Waals surface area contributed by atoms with Crippen LogP contribution in [0.4, 0.5) is 0 Å². The van der Waals surface area contributed by atoms with Crippen molar-refractivity contribution >= 4 is 27.3 Å². The second kappa shape index (κ2) is 3.38. The van der Waals surface area contributed by atoms with E-state index in [1.165, 1.54) is 11.5 Å². The minimum Gasteiger partial charge on any atom is -0.411 e. The summed E-state index contributed by atoms with van der Waals surface area (Å²) in [4.78, 5) is 0. The number of oxime groups is 1. The molecular formula is C10H10N2OS. The van der Waals surface area contributed by atoms with Crippen molar-refractivity contribution in [1.82, 2.24) is 4.37 Å². The molecule has 1 N–H and O–H groups in total. The van der Waals surface area contributed by atoms with Crippen LogP contribution < -0.4 is 0 Å². The molecule has 0 amide bonds. The molecule has 1 aromatic heterocycles. The molecule has 0 radical (unpaired) electrons. The number of rotatable bonds is 1. The molecular weight excluding hydrogens is 196 g/mol. The van der Waals surface area contributed by atoms with Crippen molar-refractivity contribution in [1.29, 1.82) is 0 Å². The maximum Gasteiger partial charge on any atom is 0.0851 e. The van der Waals surface area contributed by atoms with Crippen LogP contribution in [0.3, 0.4) is 0 Å². The van der Waals surface area contributed by atoms with Gasteiger partial charge in [0.2, 0.25) is 0 Å². The molecule has 0 atom stereocenters. The van der Waals surface area contributed by atoms with Gasteiger partial charge in [-0.1, -0.05) is 23.4 Å². The minimum absolute atomic E-state index is 0.624. The first-order valence-electron chi connectivity index (χ1n) is 4.28. The molecule has 3 nitrogen and oxygen atoms in total. The number of hydrogen-bond donors (Lipinski definition) is 1. The lowest BCUT2D eigenvalue weighted by molar-refractivity contribution is 0.319. The number of nitrogens with zero attached hydrogens (tertiary/aromatic N) is 2. The zero-order valence-electron chi connectivity index (χ0n) is 7.98. The molecule has 0 unspecified atom stereocenters. The summed E-state index contributed by atoms with van der Waals surface area (Å²) in [5.41, 5.74) is 2.60. The summed E-state index contributed by atoms with van der Waals surface area (Å²) in [5, 5.41) is 13.1. The second-order valence-corrected chi connectivity index (χ2v) is 3.91. The third-order valence-electron chi connectivity index (χ3n) is 2.22. The predicted octanol–water partition coefficient (Wildman–Crippen LogP) is 2.80. The monoisotopic (exact) mass is 206 g/mol. The summed E-state index contributed by atoms with van der Waals surface area (Å²) in [6.45, 7) is 3.76. The Morgan fingerprint density at radius 2 is 2.29 bits per heavy atom. The van der Waals surface area contributed by atoms with Crippen molar-refractivity contribution in [3.8, 4) is 0 Å². The maximum absolute atomic E-state index is 8.73. The van der Waals surface area contributed by atoms with Crippen LogP contribution in [0.5, 0.6) is 0 Å². The summed E-state index contributed by atoms with van der Waals surface area (Å²) < 4.78 is 5.36. The molecule has 4 heteroatoms. The molecule has 14 heavy (non-hydrogen) atoms.